The first kappa shape index (κ1) is 12.7. The van der Waals surface area contributed by atoms with Gasteiger partial charge in [-0.3, -0.25) is 0 Å². The average Bonchev–Trinajstić information content (AvgIpc) is 3.12. The molecule has 0 radical (unpaired) electrons. The highest BCUT2D eigenvalue weighted by Gasteiger charge is 2.27. The van der Waals surface area contributed by atoms with Crippen LogP contribution < -0.4 is 15.0 Å². The van der Waals surface area contributed by atoms with E-state index in [2.05, 4.69) is 21.3 Å². The summed E-state index contributed by atoms with van der Waals surface area (Å²) in [7, 11) is 1.68. The predicted molar refractivity (Wildman–Crippen MR) is 76.8 cm³/mol. The van der Waals surface area contributed by atoms with Gasteiger partial charge in [0, 0.05) is 25.2 Å². The molecule has 1 aromatic heterocycles. The molecule has 2 aliphatic rings. The number of hydrogen-bond acceptors (Lipinski definition) is 4. The lowest BCUT2D eigenvalue weighted by molar-refractivity contribution is 0.397. The van der Waals surface area contributed by atoms with Crippen LogP contribution in [0.2, 0.25) is 0 Å². The maximum absolute atomic E-state index is 5.24. The van der Waals surface area contributed by atoms with Crippen molar-refractivity contribution >= 4 is 5.82 Å². The van der Waals surface area contributed by atoms with E-state index < -0.39 is 0 Å². The highest BCUT2D eigenvalue weighted by Crippen LogP contribution is 2.31. The van der Waals surface area contributed by atoms with Crippen LogP contribution in [0, 0.1) is 5.92 Å². The van der Waals surface area contributed by atoms with Gasteiger partial charge in [0.15, 0.2) is 0 Å². The summed E-state index contributed by atoms with van der Waals surface area (Å²) in [6, 6.07) is 6.65. The van der Waals surface area contributed by atoms with Crippen LogP contribution >= 0.6 is 0 Å². The molecule has 104 valence electrons. The summed E-state index contributed by atoms with van der Waals surface area (Å²) >= 11 is 0. The fourth-order valence-corrected chi connectivity index (χ4v) is 2.75. The first-order valence-electron chi connectivity index (χ1n) is 7.34. The SMILES string of the molecule is COc1cccc(N(CC2CC2)CC2CCCN2)n1. The Balaban J connectivity index is 1.71. The molecule has 1 saturated heterocycles. The molecule has 1 saturated carbocycles. The lowest BCUT2D eigenvalue weighted by Gasteiger charge is -2.27. The molecule has 2 fully saturated rings. The van der Waals surface area contributed by atoms with Gasteiger partial charge in [0.2, 0.25) is 5.88 Å². The van der Waals surface area contributed by atoms with Gasteiger partial charge in [-0.15, -0.1) is 0 Å². The quantitative estimate of drug-likeness (QED) is 0.850. The number of anilines is 1. The van der Waals surface area contributed by atoms with E-state index in [4.69, 9.17) is 4.74 Å². The van der Waals surface area contributed by atoms with Gasteiger partial charge in [-0.05, 0) is 44.2 Å². The number of methoxy groups -OCH3 is 1. The van der Waals surface area contributed by atoms with Crippen molar-refractivity contribution in [3.05, 3.63) is 18.2 Å². The van der Waals surface area contributed by atoms with Gasteiger partial charge in [-0.1, -0.05) is 6.07 Å². The molecule has 1 unspecified atom stereocenters. The molecule has 0 bridgehead atoms. The molecule has 19 heavy (non-hydrogen) atoms. The van der Waals surface area contributed by atoms with Crippen molar-refractivity contribution in [2.24, 2.45) is 5.92 Å². The molecule has 3 rings (SSSR count). The Morgan fingerprint density at radius 3 is 2.89 bits per heavy atom. The van der Waals surface area contributed by atoms with E-state index in [0.717, 1.165) is 31.4 Å². The zero-order valence-electron chi connectivity index (χ0n) is 11.6. The van der Waals surface area contributed by atoms with Crippen LogP contribution in [0.5, 0.6) is 5.88 Å². The minimum atomic E-state index is 0.617. The molecular formula is C15H23N3O. The van der Waals surface area contributed by atoms with Crippen LogP contribution in [0.3, 0.4) is 0 Å². The Labute approximate surface area is 115 Å². The number of hydrogen-bond donors (Lipinski definition) is 1. The van der Waals surface area contributed by atoms with Gasteiger partial charge in [-0.2, -0.15) is 4.98 Å². The van der Waals surface area contributed by atoms with E-state index in [-0.39, 0.29) is 0 Å². The monoisotopic (exact) mass is 261 g/mol. The van der Waals surface area contributed by atoms with Crippen LogP contribution in [0.1, 0.15) is 25.7 Å². The zero-order chi connectivity index (χ0) is 13.1. The molecule has 1 aliphatic heterocycles. The second-order valence-corrected chi connectivity index (χ2v) is 5.68. The average molecular weight is 261 g/mol. The molecule has 4 heteroatoms. The van der Waals surface area contributed by atoms with Crippen LogP contribution in [-0.4, -0.2) is 37.8 Å². The third-order valence-electron chi connectivity index (χ3n) is 4.02. The van der Waals surface area contributed by atoms with Gasteiger partial charge >= 0.3 is 0 Å². The molecule has 0 spiro atoms. The standard InChI is InChI=1S/C15H23N3O/c1-19-15-6-2-5-14(17-15)18(10-12-7-8-12)11-13-4-3-9-16-13/h2,5-6,12-13,16H,3-4,7-11H2,1H3. The Morgan fingerprint density at radius 1 is 1.32 bits per heavy atom. The van der Waals surface area contributed by atoms with Crippen LogP contribution in [0.4, 0.5) is 5.82 Å². The molecule has 1 aliphatic carbocycles. The maximum Gasteiger partial charge on any atom is 0.214 e. The molecular weight excluding hydrogens is 238 g/mol. The molecule has 0 amide bonds. The number of nitrogens with one attached hydrogen (secondary N) is 1. The van der Waals surface area contributed by atoms with Gasteiger partial charge < -0.3 is 15.0 Å². The molecule has 1 aromatic rings. The van der Waals surface area contributed by atoms with E-state index in [9.17, 15) is 0 Å². The smallest absolute Gasteiger partial charge is 0.214 e. The summed E-state index contributed by atoms with van der Waals surface area (Å²) in [5.74, 6) is 2.63. The normalized spacial score (nSPS) is 22.5. The first-order valence-corrected chi connectivity index (χ1v) is 7.34. The van der Waals surface area contributed by atoms with Crippen LogP contribution in [0.15, 0.2) is 18.2 Å². The number of aromatic nitrogens is 1. The Hall–Kier alpha value is -1.29. The largest absolute Gasteiger partial charge is 0.481 e. The van der Waals surface area contributed by atoms with E-state index in [0.29, 0.717) is 11.9 Å². The number of nitrogens with zero attached hydrogens (tertiary/aromatic N) is 2. The first-order chi connectivity index (χ1) is 9.35. The van der Waals surface area contributed by atoms with Crippen LogP contribution in [0.25, 0.3) is 0 Å². The second kappa shape index (κ2) is 5.78. The predicted octanol–water partition coefficient (Wildman–Crippen LogP) is 2.06. The Bertz CT molecular complexity index is 414. The molecule has 0 aromatic carbocycles. The minimum absolute atomic E-state index is 0.617. The summed E-state index contributed by atoms with van der Waals surface area (Å²) in [6.45, 7) is 3.36. The summed E-state index contributed by atoms with van der Waals surface area (Å²) < 4.78 is 5.24. The highest BCUT2D eigenvalue weighted by atomic mass is 16.5. The Kier molecular flexibility index (Phi) is 3.87. The highest BCUT2D eigenvalue weighted by molar-refractivity contribution is 5.41. The van der Waals surface area contributed by atoms with E-state index in [1.807, 2.05) is 12.1 Å². The van der Waals surface area contributed by atoms with Crippen molar-refractivity contribution in [3.63, 3.8) is 0 Å². The van der Waals surface area contributed by atoms with Crippen LogP contribution in [-0.2, 0) is 0 Å². The van der Waals surface area contributed by atoms with Gasteiger partial charge in [-0.25, -0.2) is 0 Å². The fourth-order valence-electron chi connectivity index (χ4n) is 2.75. The maximum atomic E-state index is 5.24. The van der Waals surface area contributed by atoms with Crippen molar-refractivity contribution in [1.29, 1.82) is 0 Å². The zero-order valence-corrected chi connectivity index (χ0v) is 11.6. The van der Waals surface area contributed by atoms with Gasteiger partial charge in [0.25, 0.3) is 0 Å². The molecule has 1 N–H and O–H groups in total. The summed E-state index contributed by atoms with van der Waals surface area (Å²) in [5, 5.41) is 3.58. The van der Waals surface area contributed by atoms with E-state index >= 15 is 0 Å². The molecule has 4 nitrogen and oxygen atoms in total. The van der Waals surface area contributed by atoms with E-state index in [1.54, 1.807) is 7.11 Å². The number of pyridine rings is 1. The second-order valence-electron chi connectivity index (χ2n) is 5.68. The number of ether oxygens (including phenoxy) is 1. The van der Waals surface area contributed by atoms with Gasteiger partial charge in [0.1, 0.15) is 5.82 Å². The summed E-state index contributed by atoms with van der Waals surface area (Å²) in [4.78, 5) is 7.02. The number of rotatable bonds is 6. The summed E-state index contributed by atoms with van der Waals surface area (Å²) in [6.07, 6.45) is 5.33. The van der Waals surface area contributed by atoms with Crippen molar-refractivity contribution in [2.75, 3.05) is 31.6 Å². The van der Waals surface area contributed by atoms with Crippen molar-refractivity contribution in [3.8, 4) is 5.88 Å². The van der Waals surface area contributed by atoms with Crippen molar-refractivity contribution in [2.45, 2.75) is 31.7 Å². The minimum Gasteiger partial charge on any atom is -0.481 e. The third kappa shape index (κ3) is 3.38. The fraction of sp³-hybridized carbons (Fsp3) is 0.667. The summed E-state index contributed by atoms with van der Waals surface area (Å²) in [5.41, 5.74) is 0. The lowest BCUT2D eigenvalue weighted by atomic mass is 10.2. The third-order valence-corrected chi connectivity index (χ3v) is 4.02. The van der Waals surface area contributed by atoms with Crippen molar-refractivity contribution in [1.82, 2.24) is 10.3 Å². The topological polar surface area (TPSA) is 37.4 Å². The molecule has 1 atom stereocenters. The van der Waals surface area contributed by atoms with Gasteiger partial charge in [0.05, 0.1) is 7.11 Å². The lowest BCUT2D eigenvalue weighted by Crippen LogP contribution is -2.39. The molecule has 2 heterocycles. The Morgan fingerprint density at radius 2 is 2.21 bits per heavy atom. The van der Waals surface area contributed by atoms with Crippen molar-refractivity contribution < 1.29 is 4.74 Å². The van der Waals surface area contributed by atoms with E-state index in [1.165, 1.54) is 25.7 Å².